The van der Waals surface area contributed by atoms with Crippen LogP contribution in [0.5, 0.6) is 0 Å². The summed E-state index contributed by atoms with van der Waals surface area (Å²) in [5.74, 6) is -0.0590. The lowest BCUT2D eigenvalue weighted by molar-refractivity contribution is -0.136. The summed E-state index contributed by atoms with van der Waals surface area (Å²) in [6.45, 7) is 1.75. The van der Waals surface area contributed by atoms with Crippen LogP contribution in [-0.2, 0) is 22.4 Å². The summed E-state index contributed by atoms with van der Waals surface area (Å²) in [4.78, 5) is 10.6. The molecule has 2 rings (SSSR count). The Hall–Kier alpha value is -1.35. The van der Waals surface area contributed by atoms with Crippen LogP contribution in [0, 0.1) is 5.92 Å². The molecule has 0 aliphatic carbocycles. The first kappa shape index (κ1) is 12.1. The quantitative estimate of drug-likeness (QED) is 0.869. The lowest BCUT2D eigenvalue weighted by Crippen LogP contribution is -2.17. The van der Waals surface area contributed by atoms with Gasteiger partial charge in [-0.2, -0.15) is 0 Å². The Labute approximate surface area is 101 Å². The maximum Gasteiger partial charge on any atom is 0.307 e. The van der Waals surface area contributed by atoms with Crippen molar-refractivity contribution in [3.05, 3.63) is 35.4 Å². The third-order valence-electron chi connectivity index (χ3n) is 3.24. The van der Waals surface area contributed by atoms with Crippen molar-refractivity contribution < 1.29 is 14.6 Å². The number of carbonyl (C=O) groups is 1. The molecule has 1 saturated heterocycles. The third-order valence-corrected chi connectivity index (χ3v) is 3.24. The SMILES string of the molecule is O=C(O)Cc1ccc(CC2CCOCC2)cc1. The topological polar surface area (TPSA) is 46.5 Å². The molecule has 1 N–H and O–H groups in total. The van der Waals surface area contributed by atoms with Gasteiger partial charge in [0, 0.05) is 13.2 Å². The highest BCUT2D eigenvalue weighted by Gasteiger charge is 2.14. The summed E-state index contributed by atoms with van der Waals surface area (Å²) in [6, 6.07) is 7.94. The molecule has 0 radical (unpaired) electrons. The average molecular weight is 234 g/mol. The van der Waals surface area contributed by atoms with E-state index in [-0.39, 0.29) is 6.42 Å². The Morgan fingerprint density at radius 3 is 2.35 bits per heavy atom. The van der Waals surface area contributed by atoms with Gasteiger partial charge in [-0.15, -0.1) is 0 Å². The molecule has 0 saturated carbocycles. The smallest absolute Gasteiger partial charge is 0.307 e. The molecule has 1 heterocycles. The highest BCUT2D eigenvalue weighted by Crippen LogP contribution is 2.20. The molecular formula is C14H18O3. The third kappa shape index (κ3) is 3.86. The van der Waals surface area contributed by atoms with Gasteiger partial charge in [0.15, 0.2) is 0 Å². The van der Waals surface area contributed by atoms with Crippen molar-refractivity contribution in [2.45, 2.75) is 25.7 Å². The van der Waals surface area contributed by atoms with Gasteiger partial charge >= 0.3 is 5.97 Å². The molecule has 17 heavy (non-hydrogen) atoms. The van der Waals surface area contributed by atoms with Crippen LogP contribution in [0.4, 0.5) is 0 Å². The number of hydrogen-bond donors (Lipinski definition) is 1. The molecule has 0 bridgehead atoms. The van der Waals surface area contributed by atoms with E-state index in [9.17, 15) is 4.79 Å². The highest BCUT2D eigenvalue weighted by molar-refractivity contribution is 5.70. The molecule has 0 aromatic heterocycles. The zero-order valence-corrected chi connectivity index (χ0v) is 9.89. The molecule has 1 fully saturated rings. The van der Waals surface area contributed by atoms with Crippen molar-refractivity contribution in [1.29, 1.82) is 0 Å². The number of rotatable bonds is 4. The predicted molar refractivity (Wildman–Crippen MR) is 65.0 cm³/mol. The number of aliphatic carboxylic acids is 1. The molecule has 1 aromatic carbocycles. The summed E-state index contributed by atoms with van der Waals surface area (Å²) in [5, 5.41) is 8.68. The normalized spacial score (nSPS) is 16.9. The van der Waals surface area contributed by atoms with E-state index in [0.717, 1.165) is 38.0 Å². The van der Waals surface area contributed by atoms with Crippen LogP contribution in [0.15, 0.2) is 24.3 Å². The summed E-state index contributed by atoms with van der Waals surface area (Å²) >= 11 is 0. The van der Waals surface area contributed by atoms with Gasteiger partial charge in [-0.3, -0.25) is 4.79 Å². The highest BCUT2D eigenvalue weighted by atomic mass is 16.5. The van der Waals surface area contributed by atoms with Crippen LogP contribution in [-0.4, -0.2) is 24.3 Å². The second-order valence-electron chi connectivity index (χ2n) is 4.65. The average Bonchev–Trinajstić information content (AvgIpc) is 2.32. The number of carboxylic acids is 1. The van der Waals surface area contributed by atoms with E-state index in [0.29, 0.717) is 5.92 Å². The first-order valence-corrected chi connectivity index (χ1v) is 6.11. The first-order valence-electron chi connectivity index (χ1n) is 6.11. The van der Waals surface area contributed by atoms with E-state index < -0.39 is 5.97 Å². The van der Waals surface area contributed by atoms with Crippen molar-refractivity contribution in [3.63, 3.8) is 0 Å². The minimum atomic E-state index is -0.776. The summed E-state index contributed by atoms with van der Waals surface area (Å²) in [7, 11) is 0. The standard InChI is InChI=1S/C14H18O3/c15-14(16)10-12-3-1-11(2-4-12)9-13-5-7-17-8-6-13/h1-4,13H,5-10H2,(H,15,16). The maximum absolute atomic E-state index is 10.6. The van der Waals surface area contributed by atoms with Gasteiger partial charge in [-0.25, -0.2) is 0 Å². The van der Waals surface area contributed by atoms with Crippen LogP contribution in [0.2, 0.25) is 0 Å². The Bertz CT molecular complexity index is 364. The molecule has 92 valence electrons. The van der Waals surface area contributed by atoms with Crippen molar-refractivity contribution in [2.24, 2.45) is 5.92 Å². The van der Waals surface area contributed by atoms with Crippen molar-refractivity contribution in [2.75, 3.05) is 13.2 Å². The summed E-state index contributed by atoms with van der Waals surface area (Å²) < 4.78 is 5.34. The Morgan fingerprint density at radius 2 is 1.76 bits per heavy atom. The van der Waals surface area contributed by atoms with Crippen LogP contribution in [0.3, 0.4) is 0 Å². The second kappa shape index (κ2) is 5.82. The van der Waals surface area contributed by atoms with Gasteiger partial charge in [0.25, 0.3) is 0 Å². The number of ether oxygens (including phenoxy) is 1. The van der Waals surface area contributed by atoms with Crippen LogP contribution in [0.25, 0.3) is 0 Å². The molecular weight excluding hydrogens is 216 g/mol. The largest absolute Gasteiger partial charge is 0.481 e. The fourth-order valence-corrected chi connectivity index (χ4v) is 2.25. The zero-order chi connectivity index (χ0) is 12.1. The monoisotopic (exact) mass is 234 g/mol. The molecule has 0 atom stereocenters. The molecule has 0 spiro atoms. The van der Waals surface area contributed by atoms with E-state index in [1.807, 2.05) is 24.3 Å². The van der Waals surface area contributed by atoms with Gasteiger partial charge in [0.2, 0.25) is 0 Å². The van der Waals surface area contributed by atoms with Gasteiger partial charge in [0.1, 0.15) is 0 Å². The minimum Gasteiger partial charge on any atom is -0.481 e. The number of hydrogen-bond acceptors (Lipinski definition) is 2. The minimum absolute atomic E-state index is 0.109. The molecule has 1 aromatic rings. The van der Waals surface area contributed by atoms with E-state index in [2.05, 4.69) is 0 Å². The zero-order valence-electron chi connectivity index (χ0n) is 9.89. The number of benzene rings is 1. The van der Waals surface area contributed by atoms with Gasteiger partial charge in [0.05, 0.1) is 6.42 Å². The molecule has 1 aliphatic heterocycles. The van der Waals surface area contributed by atoms with Crippen LogP contribution < -0.4 is 0 Å². The molecule has 0 amide bonds. The van der Waals surface area contributed by atoms with Crippen LogP contribution in [0.1, 0.15) is 24.0 Å². The fourth-order valence-electron chi connectivity index (χ4n) is 2.25. The Morgan fingerprint density at radius 1 is 1.18 bits per heavy atom. The van der Waals surface area contributed by atoms with Crippen molar-refractivity contribution in [3.8, 4) is 0 Å². The van der Waals surface area contributed by atoms with E-state index in [1.165, 1.54) is 5.56 Å². The summed E-state index contributed by atoms with van der Waals surface area (Å²) in [6.07, 6.45) is 3.46. The Balaban J connectivity index is 1.90. The van der Waals surface area contributed by atoms with Gasteiger partial charge < -0.3 is 9.84 Å². The second-order valence-corrected chi connectivity index (χ2v) is 4.65. The number of carboxylic acid groups (broad SMARTS) is 1. The molecule has 3 heteroatoms. The fraction of sp³-hybridized carbons (Fsp3) is 0.500. The predicted octanol–water partition coefficient (Wildman–Crippen LogP) is 2.28. The lowest BCUT2D eigenvalue weighted by atomic mass is 9.92. The molecule has 1 aliphatic rings. The van der Waals surface area contributed by atoms with Gasteiger partial charge in [-0.05, 0) is 36.3 Å². The van der Waals surface area contributed by atoms with Crippen molar-refractivity contribution >= 4 is 5.97 Å². The maximum atomic E-state index is 10.6. The first-order chi connectivity index (χ1) is 8.24. The van der Waals surface area contributed by atoms with Crippen LogP contribution >= 0.6 is 0 Å². The summed E-state index contributed by atoms with van der Waals surface area (Å²) in [5.41, 5.74) is 2.17. The molecule has 0 unspecified atom stereocenters. The van der Waals surface area contributed by atoms with E-state index in [4.69, 9.17) is 9.84 Å². The molecule has 3 nitrogen and oxygen atoms in total. The Kier molecular flexibility index (Phi) is 4.15. The van der Waals surface area contributed by atoms with E-state index in [1.54, 1.807) is 0 Å². The van der Waals surface area contributed by atoms with Crippen molar-refractivity contribution in [1.82, 2.24) is 0 Å². The van der Waals surface area contributed by atoms with E-state index >= 15 is 0 Å². The lowest BCUT2D eigenvalue weighted by Gasteiger charge is -2.21. The van der Waals surface area contributed by atoms with Gasteiger partial charge in [-0.1, -0.05) is 24.3 Å².